The van der Waals surface area contributed by atoms with Crippen LogP contribution in [0.1, 0.15) is 20.2 Å². The van der Waals surface area contributed by atoms with E-state index in [-0.39, 0.29) is 10.8 Å². The first-order valence-electron chi connectivity index (χ1n) is 7.81. The molecule has 1 heterocycles. The molecule has 0 atom stereocenters. The van der Waals surface area contributed by atoms with Crippen LogP contribution in [0.4, 0.5) is 5.69 Å². The second-order valence-corrected chi connectivity index (χ2v) is 8.53. The molecule has 2 aromatic carbocycles. The number of amides is 1. The zero-order chi connectivity index (χ0) is 18.6. The number of nitrogens with one attached hydrogen (secondary N) is 2. The molecule has 1 amide bonds. The van der Waals surface area contributed by atoms with Gasteiger partial charge in [0.25, 0.3) is 15.9 Å². The molecule has 0 aliphatic carbocycles. The van der Waals surface area contributed by atoms with Gasteiger partial charge in [-0.2, -0.15) is 0 Å². The van der Waals surface area contributed by atoms with E-state index in [4.69, 9.17) is 0 Å². The highest BCUT2D eigenvalue weighted by molar-refractivity contribution is 7.92. The lowest BCUT2D eigenvalue weighted by molar-refractivity contribution is 0.0951. The summed E-state index contributed by atoms with van der Waals surface area (Å²) in [5.74, 6) is -0.228. The Labute approximate surface area is 156 Å². The number of rotatable bonds is 6. The van der Waals surface area contributed by atoms with Crippen molar-refractivity contribution in [3.63, 3.8) is 0 Å². The van der Waals surface area contributed by atoms with E-state index in [1.807, 2.05) is 6.92 Å². The molecule has 3 rings (SSSR count). The third-order valence-electron chi connectivity index (χ3n) is 3.55. The summed E-state index contributed by atoms with van der Waals surface area (Å²) in [6, 6.07) is 14.4. The van der Waals surface area contributed by atoms with Crippen molar-refractivity contribution in [2.24, 2.45) is 0 Å². The number of hydrogen-bond donors (Lipinski definition) is 2. The van der Waals surface area contributed by atoms with Crippen molar-refractivity contribution in [3.05, 3.63) is 76.2 Å². The second-order valence-electron chi connectivity index (χ2n) is 5.52. The van der Waals surface area contributed by atoms with Crippen molar-refractivity contribution in [2.45, 2.75) is 18.4 Å². The Bertz CT molecular complexity index is 998. The first kappa shape index (κ1) is 18.1. The van der Waals surface area contributed by atoms with E-state index in [0.29, 0.717) is 17.8 Å². The van der Waals surface area contributed by atoms with Crippen molar-refractivity contribution >= 4 is 33.0 Å². The van der Waals surface area contributed by atoms with Gasteiger partial charge in [0.2, 0.25) is 0 Å². The number of nitrogens with zero attached hydrogens (tertiary/aromatic N) is 1. The number of thiazole rings is 1. The minimum Gasteiger partial charge on any atom is -0.347 e. The van der Waals surface area contributed by atoms with Crippen LogP contribution in [0.3, 0.4) is 0 Å². The van der Waals surface area contributed by atoms with Gasteiger partial charge in [-0.25, -0.2) is 13.4 Å². The van der Waals surface area contributed by atoms with Gasteiger partial charge in [-0.05, 0) is 43.3 Å². The fourth-order valence-corrected chi connectivity index (χ4v) is 4.07. The first-order valence-corrected chi connectivity index (χ1v) is 10.1. The van der Waals surface area contributed by atoms with Crippen LogP contribution < -0.4 is 10.0 Å². The van der Waals surface area contributed by atoms with Gasteiger partial charge < -0.3 is 5.32 Å². The van der Waals surface area contributed by atoms with Gasteiger partial charge >= 0.3 is 0 Å². The molecule has 3 aromatic rings. The fourth-order valence-electron chi connectivity index (χ4n) is 2.26. The molecule has 0 aliphatic rings. The van der Waals surface area contributed by atoms with Crippen LogP contribution in [0.25, 0.3) is 0 Å². The number of aromatic nitrogens is 1. The van der Waals surface area contributed by atoms with E-state index in [9.17, 15) is 13.2 Å². The third kappa shape index (κ3) is 4.47. The summed E-state index contributed by atoms with van der Waals surface area (Å²) in [5.41, 5.74) is 0.845. The number of sulfonamides is 1. The third-order valence-corrected chi connectivity index (χ3v) is 5.86. The van der Waals surface area contributed by atoms with Crippen molar-refractivity contribution in [1.82, 2.24) is 10.3 Å². The molecule has 0 saturated carbocycles. The zero-order valence-corrected chi connectivity index (χ0v) is 15.6. The average Bonchev–Trinajstić information content (AvgIpc) is 3.06. The topological polar surface area (TPSA) is 88.2 Å². The molecule has 0 saturated heterocycles. The van der Waals surface area contributed by atoms with Crippen LogP contribution in [0.15, 0.2) is 65.7 Å². The van der Waals surface area contributed by atoms with Crippen LogP contribution >= 0.6 is 11.3 Å². The summed E-state index contributed by atoms with van der Waals surface area (Å²) in [7, 11) is -3.65. The Morgan fingerprint density at radius 3 is 2.38 bits per heavy atom. The standard InChI is InChI=1S/C18H17N3O3S2/c1-13-19-11-16(25-13)12-20-18(22)14-7-9-15(10-8-14)21-26(23,24)17-5-3-2-4-6-17/h2-11,21H,12H2,1H3,(H,20,22). The summed E-state index contributed by atoms with van der Waals surface area (Å²) >= 11 is 1.53. The SMILES string of the molecule is Cc1ncc(CNC(=O)c2ccc(NS(=O)(=O)c3ccccc3)cc2)s1. The molecule has 6 nitrogen and oxygen atoms in total. The van der Waals surface area contributed by atoms with Crippen molar-refractivity contribution in [2.75, 3.05) is 4.72 Å². The number of aryl methyl sites for hydroxylation is 1. The summed E-state index contributed by atoms with van der Waals surface area (Å²) in [6.07, 6.45) is 1.74. The van der Waals surface area contributed by atoms with Gasteiger partial charge in [0, 0.05) is 22.3 Å². The molecule has 2 N–H and O–H groups in total. The van der Waals surface area contributed by atoms with Crippen LogP contribution in [0.2, 0.25) is 0 Å². The average molecular weight is 387 g/mol. The zero-order valence-electron chi connectivity index (χ0n) is 14.0. The summed E-state index contributed by atoms with van der Waals surface area (Å²) in [6.45, 7) is 2.32. The Kier molecular flexibility index (Phi) is 5.34. The summed E-state index contributed by atoms with van der Waals surface area (Å²) < 4.78 is 27.1. The Balaban J connectivity index is 1.63. The van der Waals surface area contributed by atoms with Gasteiger partial charge in [-0.1, -0.05) is 18.2 Å². The molecule has 26 heavy (non-hydrogen) atoms. The van der Waals surface area contributed by atoms with Crippen molar-refractivity contribution in [3.8, 4) is 0 Å². The molecular weight excluding hydrogens is 370 g/mol. The van der Waals surface area contributed by atoms with Gasteiger partial charge in [0.1, 0.15) is 0 Å². The number of carbonyl (C=O) groups is 1. The van der Waals surface area contributed by atoms with Gasteiger partial charge in [-0.3, -0.25) is 9.52 Å². The highest BCUT2D eigenvalue weighted by Gasteiger charge is 2.14. The van der Waals surface area contributed by atoms with Crippen LogP contribution in [0.5, 0.6) is 0 Å². The van der Waals surface area contributed by atoms with E-state index < -0.39 is 10.0 Å². The number of anilines is 1. The minimum absolute atomic E-state index is 0.182. The quantitative estimate of drug-likeness (QED) is 0.680. The molecule has 0 aliphatic heterocycles. The van der Waals surface area contributed by atoms with Crippen LogP contribution in [0, 0.1) is 6.92 Å². The van der Waals surface area contributed by atoms with Crippen molar-refractivity contribution in [1.29, 1.82) is 0 Å². The Morgan fingerprint density at radius 2 is 1.77 bits per heavy atom. The lowest BCUT2D eigenvalue weighted by Gasteiger charge is -2.09. The van der Waals surface area contributed by atoms with Crippen LogP contribution in [-0.4, -0.2) is 19.3 Å². The van der Waals surface area contributed by atoms with E-state index in [0.717, 1.165) is 9.88 Å². The Hall–Kier alpha value is -2.71. The lowest BCUT2D eigenvalue weighted by atomic mass is 10.2. The fraction of sp³-hybridized carbons (Fsp3) is 0.111. The maximum Gasteiger partial charge on any atom is 0.261 e. The van der Waals surface area contributed by atoms with Crippen LogP contribution in [-0.2, 0) is 16.6 Å². The molecule has 0 fully saturated rings. The Morgan fingerprint density at radius 1 is 1.08 bits per heavy atom. The number of benzene rings is 2. The molecule has 0 bridgehead atoms. The van der Waals surface area contributed by atoms with E-state index >= 15 is 0 Å². The summed E-state index contributed by atoms with van der Waals surface area (Å²) in [5, 5.41) is 3.76. The second kappa shape index (κ2) is 7.67. The smallest absolute Gasteiger partial charge is 0.261 e. The minimum atomic E-state index is -3.65. The van der Waals surface area contributed by atoms with Gasteiger partial charge in [0.15, 0.2) is 0 Å². The molecule has 1 aromatic heterocycles. The molecule has 0 radical (unpaired) electrons. The normalized spacial score (nSPS) is 11.1. The van der Waals surface area contributed by atoms with E-state index in [2.05, 4.69) is 15.0 Å². The van der Waals surface area contributed by atoms with E-state index in [1.165, 1.54) is 23.5 Å². The monoisotopic (exact) mass is 387 g/mol. The summed E-state index contributed by atoms with van der Waals surface area (Å²) in [4.78, 5) is 17.5. The van der Waals surface area contributed by atoms with Crippen molar-refractivity contribution < 1.29 is 13.2 Å². The number of hydrogen-bond acceptors (Lipinski definition) is 5. The molecular formula is C18H17N3O3S2. The largest absolute Gasteiger partial charge is 0.347 e. The molecule has 134 valence electrons. The van der Waals surface area contributed by atoms with Gasteiger partial charge in [-0.15, -0.1) is 11.3 Å². The molecule has 0 spiro atoms. The van der Waals surface area contributed by atoms with Gasteiger partial charge in [0.05, 0.1) is 16.4 Å². The molecule has 8 heteroatoms. The highest BCUT2D eigenvalue weighted by atomic mass is 32.2. The lowest BCUT2D eigenvalue weighted by Crippen LogP contribution is -2.22. The highest BCUT2D eigenvalue weighted by Crippen LogP contribution is 2.17. The first-order chi connectivity index (χ1) is 12.4. The molecule has 0 unspecified atom stereocenters. The van der Waals surface area contributed by atoms with E-state index in [1.54, 1.807) is 48.7 Å². The number of carbonyl (C=O) groups excluding carboxylic acids is 1. The predicted molar refractivity (Wildman–Crippen MR) is 102 cm³/mol. The predicted octanol–water partition coefficient (Wildman–Crippen LogP) is 3.18. The maximum absolute atomic E-state index is 12.3. The maximum atomic E-state index is 12.3.